The summed E-state index contributed by atoms with van der Waals surface area (Å²) < 4.78 is 11.3. The Morgan fingerprint density at radius 3 is 2.38 bits per heavy atom. The summed E-state index contributed by atoms with van der Waals surface area (Å²) >= 11 is 0. The third-order valence-corrected chi connectivity index (χ3v) is 3.49. The largest absolute Gasteiger partial charge is 0.463 e. The average Bonchev–Trinajstić information content (AvgIpc) is 3.02. The Morgan fingerprint density at radius 1 is 1.00 bits per heavy atom. The molecule has 6 nitrogen and oxygen atoms in total. The van der Waals surface area contributed by atoms with Gasteiger partial charge in [0, 0.05) is 6.54 Å². The SMILES string of the molecule is CCCNc1nc(OCCC)nc(OCC2CCCC2)n1. The molecule has 0 aromatic carbocycles. The Bertz CT molecular complexity index is 396. The molecule has 1 saturated carbocycles. The summed E-state index contributed by atoms with van der Waals surface area (Å²) in [4.78, 5) is 12.8. The first-order valence-electron chi connectivity index (χ1n) is 8.07. The summed E-state index contributed by atoms with van der Waals surface area (Å²) in [5.41, 5.74) is 0. The molecule has 1 N–H and O–H groups in total. The highest BCUT2D eigenvalue weighted by Crippen LogP contribution is 2.25. The van der Waals surface area contributed by atoms with Gasteiger partial charge < -0.3 is 14.8 Å². The van der Waals surface area contributed by atoms with Gasteiger partial charge in [-0.3, -0.25) is 0 Å². The maximum atomic E-state index is 5.75. The van der Waals surface area contributed by atoms with Gasteiger partial charge in [-0.15, -0.1) is 4.98 Å². The second kappa shape index (κ2) is 8.64. The van der Waals surface area contributed by atoms with Crippen LogP contribution in [0.15, 0.2) is 0 Å². The van der Waals surface area contributed by atoms with Crippen molar-refractivity contribution in [2.75, 3.05) is 25.1 Å². The minimum atomic E-state index is 0.340. The van der Waals surface area contributed by atoms with Gasteiger partial charge in [-0.25, -0.2) is 0 Å². The summed E-state index contributed by atoms with van der Waals surface area (Å²) in [7, 11) is 0. The molecule has 118 valence electrons. The van der Waals surface area contributed by atoms with Crippen LogP contribution in [0.4, 0.5) is 5.95 Å². The van der Waals surface area contributed by atoms with Crippen LogP contribution in [0.25, 0.3) is 0 Å². The van der Waals surface area contributed by atoms with Crippen molar-refractivity contribution in [3.8, 4) is 12.0 Å². The van der Waals surface area contributed by atoms with Gasteiger partial charge in [0.2, 0.25) is 5.95 Å². The van der Waals surface area contributed by atoms with Crippen LogP contribution in [0, 0.1) is 5.92 Å². The van der Waals surface area contributed by atoms with Gasteiger partial charge in [-0.1, -0.05) is 26.7 Å². The minimum absolute atomic E-state index is 0.340. The normalized spacial score (nSPS) is 15.1. The van der Waals surface area contributed by atoms with Crippen molar-refractivity contribution < 1.29 is 9.47 Å². The Hall–Kier alpha value is -1.59. The van der Waals surface area contributed by atoms with Crippen molar-refractivity contribution in [1.82, 2.24) is 15.0 Å². The predicted octanol–water partition coefficient (Wildman–Crippen LogP) is 3.05. The first kappa shape index (κ1) is 15.8. The smallest absolute Gasteiger partial charge is 0.324 e. The third-order valence-electron chi connectivity index (χ3n) is 3.49. The highest BCUT2D eigenvalue weighted by molar-refractivity contribution is 5.27. The van der Waals surface area contributed by atoms with Gasteiger partial charge in [-0.05, 0) is 31.6 Å². The molecule has 1 aliphatic carbocycles. The van der Waals surface area contributed by atoms with Crippen molar-refractivity contribution in [2.24, 2.45) is 5.92 Å². The van der Waals surface area contributed by atoms with E-state index in [-0.39, 0.29) is 0 Å². The molecular weight excluding hydrogens is 268 g/mol. The third kappa shape index (κ3) is 5.36. The van der Waals surface area contributed by atoms with Crippen LogP contribution in [0.2, 0.25) is 0 Å². The molecule has 0 saturated heterocycles. The number of hydrogen-bond acceptors (Lipinski definition) is 6. The maximum absolute atomic E-state index is 5.75. The monoisotopic (exact) mass is 294 g/mol. The number of nitrogens with zero attached hydrogens (tertiary/aromatic N) is 3. The van der Waals surface area contributed by atoms with Crippen molar-refractivity contribution >= 4 is 5.95 Å². The second-order valence-electron chi connectivity index (χ2n) is 5.46. The average molecular weight is 294 g/mol. The lowest BCUT2D eigenvalue weighted by atomic mass is 10.1. The molecule has 0 aliphatic heterocycles. The van der Waals surface area contributed by atoms with E-state index < -0.39 is 0 Å². The topological polar surface area (TPSA) is 69.2 Å². The highest BCUT2D eigenvalue weighted by Gasteiger charge is 2.17. The molecule has 1 fully saturated rings. The van der Waals surface area contributed by atoms with E-state index in [1.165, 1.54) is 25.7 Å². The molecule has 2 rings (SSSR count). The Kier molecular flexibility index (Phi) is 6.50. The first-order valence-corrected chi connectivity index (χ1v) is 8.07. The summed E-state index contributed by atoms with van der Waals surface area (Å²) in [6.07, 6.45) is 7.02. The van der Waals surface area contributed by atoms with Gasteiger partial charge in [0.05, 0.1) is 13.2 Å². The summed E-state index contributed by atoms with van der Waals surface area (Å²) in [6.45, 7) is 6.25. The lowest BCUT2D eigenvalue weighted by Crippen LogP contribution is -2.13. The maximum Gasteiger partial charge on any atom is 0.324 e. The molecule has 0 atom stereocenters. The van der Waals surface area contributed by atoms with Crippen LogP contribution in [0.1, 0.15) is 52.4 Å². The number of anilines is 1. The van der Waals surface area contributed by atoms with Crippen molar-refractivity contribution in [2.45, 2.75) is 52.4 Å². The first-order chi connectivity index (χ1) is 10.3. The van der Waals surface area contributed by atoms with Crippen LogP contribution < -0.4 is 14.8 Å². The number of rotatable bonds is 9. The van der Waals surface area contributed by atoms with Gasteiger partial charge in [0.1, 0.15) is 0 Å². The molecule has 0 radical (unpaired) electrons. The van der Waals surface area contributed by atoms with Crippen LogP contribution >= 0.6 is 0 Å². The van der Waals surface area contributed by atoms with Crippen LogP contribution in [-0.2, 0) is 0 Å². The Balaban J connectivity index is 1.98. The summed E-state index contributed by atoms with van der Waals surface area (Å²) in [5.74, 6) is 1.16. The van der Waals surface area contributed by atoms with Gasteiger partial charge >= 0.3 is 12.0 Å². The molecule has 0 amide bonds. The standard InChI is InChI=1S/C15H26N4O2/c1-3-9-16-13-17-14(20-10-4-2)19-15(18-13)21-11-12-7-5-6-8-12/h12H,3-11H2,1-2H3,(H,16,17,18,19). The molecule has 0 spiro atoms. The summed E-state index contributed by atoms with van der Waals surface area (Å²) in [6, 6.07) is 0.702. The van der Waals surface area contributed by atoms with E-state index in [1.54, 1.807) is 0 Å². The van der Waals surface area contributed by atoms with Gasteiger partial charge in [-0.2, -0.15) is 9.97 Å². The fraction of sp³-hybridized carbons (Fsp3) is 0.800. The van der Waals surface area contributed by atoms with E-state index in [0.717, 1.165) is 19.4 Å². The zero-order valence-electron chi connectivity index (χ0n) is 13.1. The van der Waals surface area contributed by atoms with E-state index in [0.29, 0.717) is 37.1 Å². The number of hydrogen-bond donors (Lipinski definition) is 1. The molecule has 0 bridgehead atoms. The fourth-order valence-corrected chi connectivity index (χ4v) is 2.35. The lowest BCUT2D eigenvalue weighted by molar-refractivity contribution is 0.224. The fourth-order valence-electron chi connectivity index (χ4n) is 2.35. The molecule has 1 aromatic heterocycles. The van der Waals surface area contributed by atoms with E-state index in [1.807, 2.05) is 0 Å². The molecule has 6 heteroatoms. The van der Waals surface area contributed by atoms with E-state index in [4.69, 9.17) is 9.47 Å². The van der Waals surface area contributed by atoms with Crippen molar-refractivity contribution in [1.29, 1.82) is 0 Å². The minimum Gasteiger partial charge on any atom is -0.463 e. The van der Waals surface area contributed by atoms with Crippen LogP contribution in [0.3, 0.4) is 0 Å². The molecule has 1 aromatic rings. The van der Waals surface area contributed by atoms with Crippen LogP contribution in [-0.4, -0.2) is 34.7 Å². The molecule has 0 unspecified atom stereocenters. The van der Waals surface area contributed by atoms with Crippen molar-refractivity contribution in [3.05, 3.63) is 0 Å². The lowest BCUT2D eigenvalue weighted by Gasteiger charge is -2.12. The number of nitrogens with one attached hydrogen (secondary N) is 1. The quantitative estimate of drug-likeness (QED) is 0.755. The van der Waals surface area contributed by atoms with Crippen molar-refractivity contribution in [3.63, 3.8) is 0 Å². The Morgan fingerprint density at radius 2 is 1.71 bits per heavy atom. The second-order valence-corrected chi connectivity index (χ2v) is 5.46. The molecule has 1 heterocycles. The summed E-state index contributed by atoms with van der Waals surface area (Å²) in [5, 5.41) is 3.16. The Labute approximate surface area is 126 Å². The highest BCUT2D eigenvalue weighted by atomic mass is 16.5. The zero-order valence-corrected chi connectivity index (χ0v) is 13.1. The molecule has 1 aliphatic rings. The van der Waals surface area contributed by atoms with Gasteiger partial charge in [0.15, 0.2) is 0 Å². The van der Waals surface area contributed by atoms with E-state index in [9.17, 15) is 0 Å². The predicted molar refractivity (Wildman–Crippen MR) is 81.8 cm³/mol. The number of aromatic nitrogens is 3. The van der Waals surface area contributed by atoms with E-state index >= 15 is 0 Å². The molecular formula is C15H26N4O2. The zero-order chi connectivity index (χ0) is 14.9. The molecule has 21 heavy (non-hydrogen) atoms. The van der Waals surface area contributed by atoms with Crippen LogP contribution in [0.5, 0.6) is 12.0 Å². The van der Waals surface area contributed by atoms with E-state index in [2.05, 4.69) is 34.1 Å². The van der Waals surface area contributed by atoms with Gasteiger partial charge in [0.25, 0.3) is 0 Å². The number of ether oxygens (including phenoxy) is 2.